The summed E-state index contributed by atoms with van der Waals surface area (Å²) in [6.45, 7) is 3.43. The smallest absolute Gasteiger partial charge is 0.355 e. The van der Waals surface area contributed by atoms with E-state index in [1.54, 1.807) is 0 Å². The average Bonchev–Trinajstić information content (AvgIpc) is 2.60. The van der Waals surface area contributed by atoms with Crippen molar-refractivity contribution in [1.82, 2.24) is 0 Å². The Hall–Kier alpha value is -2.61. The summed E-state index contributed by atoms with van der Waals surface area (Å²) in [6, 6.07) is 3.89. The van der Waals surface area contributed by atoms with Crippen molar-refractivity contribution in [1.29, 1.82) is 0 Å². The van der Waals surface area contributed by atoms with Crippen LogP contribution in [0.25, 0.3) is 0 Å². The number of hydrogen-bond donors (Lipinski definition) is 0. The molecule has 0 saturated carbocycles. The van der Waals surface area contributed by atoms with E-state index in [0.717, 1.165) is 0 Å². The molecule has 1 heterocycles. The zero-order valence-electron chi connectivity index (χ0n) is 14.5. The highest BCUT2D eigenvalue weighted by Crippen LogP contribution is 2.35. The predicted molar refractivity (Wildman–Crippen MR) is 86.5 cm³/mol. The molecule has 0 fully saturated rings. The SMILES string of the molecule is COC(=O)C1=C(C(=O)OC)N(c2cc(F)ccc2OC(C)C)COC1. The summed E-state index contributed by atoms with van der Waals surface area (Å²) < 4.78 is 34.4. The first-order valence-electron chi connectivity index (χ1n) is 7.60. The normalized spacial score (nSPS) is 14.6. The third kappa shape index (κ3) is 4.08. The zero-order chi connectivity index (χ0) is 18.6. The highest BCUT2D eigenvalue weighted by atomic mass is 19.1. The van der Waals surface area contributed by atoms with Crippen LogP contribution in [0.15, 0.2) is 29.5 Å². The summed E-state index contributed by atoms with van der Waals surface area (Å²) in [5.41, 5.74) is 0.162. The van der Waals surface area contributed by atoms with Crippen LogP contribution < -0.4 is 9.64 Å². The number of esters is 2. The lowest BCUT2D eigenvalue weighted by Crippen LogP contribution is -2.39. The van der Waals surface area contributed by atoms with Gasteiger partial charge in [0.2, 0.25) is 0 Å². The van der Waals surface area contributed by atoms with E-state index in [1.165, 1.54) is 37.3 Å². The van der Waals surface area contributed by atoms with Crippen LogP contribution in [-0.4, -0.2) is 45.6 Å². The second kappa shape index (κ2) is 7.98. The van der Waals surface area contributed by atoms with Crippen LogP contribution in [-0.2, 0) is 23.8 Å². The van der Waals surface area contributed by atoms with Gasteiger partial charge in [0, 0.05) is 6.07 Å². The van der Waals surface area contributed by atoms with Crippen molar-refractivity contribution < 1.29 is 32.9 Å². The minimum atomic E-state index is -0.761. The molecule has 1 aromatic carbocycles. The Kier molecular flexibility index (Phi) is 5.97. The van der Waals surface area contributed by atoms with Crippen molar-refractivity contribution in [3.63, 3.8) is 0 Å². The molecule has 0 unspecified atom stereocenters. The first-order valence-corrected chi connectivity index (χ1v) is 7.60. The van der Waals surface area contributed by atoms with Gasteiger partial charge in [-0.3, -0.25) is 0 Å². The molecule has 7 nitrogen and oxygen atoms in total. The van der Waals surface area contributed by atoms with Crippen molar-refractivity contribution >= 4 is 17.6 Å². The standard InChI is InChI=1S/C17H20FNO6/c1-10(2)25-14-6-5-11(18)7-13(14)19-9-24-8-12(16(20)22-3)15(19)17(21)23-4/h5-7,10H,8-9H2,1-4H3. The number of benzene rings is 1. The molecule has 136 valence electrons. The lowest BCUT2D eigenvalue weighted by molar-refractivity contribution is -0.140. The molecule has 0 N–H and O–H groups in total. The van der Waals surface area contributed by atoms with E-state index in [0.29, 0.717) is 5.75 Å². The minimum Gasteiger partial charge on any atom is -0.489 e. The van der Waals surface area contributed by atoms with Crippen LogP contribution in [0, 0.1) is 5.82 Å². The summed E-state index contributed by atoms with van der Waals surface area (Å²) in [5.74, 6) is -1.68. The summed E-state index contributed by atoms with van der Waals surface area (Å²) in [4.78, 5) is 25.6. The van der Waals surface area contributed by atoms with Gasteiger partial charge >= 0.3 is 11.9 Å². The third-order valence-corrected chi connectivity index (χ3v) is 3.41. The fourth-order valence-corrected chi connectivity index (χ4v) is 2.39. The molecule has 0 spiro atoms. The topological polar surface area (TPSA) is 74.3 Å². The maximum Gasteiger partial charge on any atom is 0.355 e. The second-order valence-corrected chi connectivity index (χ2v) is 5.49. The number of rotatable bonds is 5. The Bertz CT molecular complexity index is 700. The number of hydrogen-bond acceptors (Lipinski definition) is 7. The van der Waals surface area contributed by atoms with Crippen molar-refractivity contribution in [2.75, 3.05) is 32.5 Å². The first kappa shape index (κ1) is 18.7. The Balaban J connectivity index is 2.61. The van der Waals surface area contributed by atoms with E-state index >= 15 is 0 Å². The molecule has 0 amide bonds. The number of nitrogens with zero attached hydrogens (tertiary/aromatic N) is 1. The first-order chi connectivity index (χ1) is 11.9. The molecule has 0 bridgehead atoms. The molecule has 0 aromatic heterocycles. The van der Waals surface area contributed by atoms with Crippen molar-refractivity contribution in [3.05, 3.63) is 35.3 Å². The molecule has 0 aliphatic carbocycles. The maximum atomic E-state index is 13.8. The summed E-state index contributed by atoms with van der Waals surface area (Å²) in [7, 11) is 2.38. The Labute approximate surface area is 144 Å². The molecule has 1 aliphatic heterocycles. The Morgan fingerprint density at radius 2 is 1.88 bits per heavy atom. The third-order valence-electron chi connectivity index (χ3n) is 3.41. The Morgan fingerprint density at radius 1 is 1.20 bits per heavy atom. The monoisotopic (exact) mass is 353 g/mol. The number of ether oxygens (including phenoxy) is 4. The number of anilines is 1. The largest absolute Gasteiger partial charge is 0.489 e. The zero-order valence-corrected chi connectivity index (χ0v) is 14.5. The van der Waals surface area contributed by atoms with Crippen molar-refractivity contribution in [2.24, 2.45) is 0 Å². The molecule has 0 atom stereocenters. The maximum absolute atomic E-state index is 13.8. The van der Waals surface area contributed by atoms with Gasteiger partial charge in [-0.15, -0.1) is 0 Å². The van der Waals surface area contributed by atoms with E-state index in [4.69, 9.17) is 18.9 Å². The second-order valence-electron chi connectivity index (χ2n) is 5.49. The number of carbonyl (C=O) groups is 2. The van der Waals surface area contributed by atoms with Crippen LogP contribution in [0.5, 0.6) is 5.75 Å². The quantitative estimate of drug-likeness (QED) is 0.750. The molecular formula is C17H20FNO6. The van der Waals surface area contributed by atoms with Crippen LogP contribution in [0.4, 0.5) is 10.1 Å². The summed E-state index contributed by atoms with van der Waals surface area (Å²) >= 11 is 0. The van der Waals surface area contributed by atoms with E-state index in [-0.39, 0.29) is 36.4 Å². The minimum absolute atomic E-state index is 0.0136. The molecule has 0 radical (unpaired) electrons. The van der Waals surface area contributed by atoms with Gasteiger partial charge in [0.05, 0.1) is 38.2 Å². The van der Waals surface area contributed by atoms with Gasteiger partial charge in [-0.1, -0.05) is 0 Å². The van der Waals surface area contributed by atoms with Crippen LogP contribution in [0.2, 0.25) is 0 Å². The highest BCUT2D eigenvalue weighted by Gasteiger charge is 2.34. The molecular weight excluding hydrogens is 333 g/mol. The van der Waals surface area contributed by atoms with Gasteiger partial charge in [0.15, 0.2) is 0 Å². The number of carbonyl (C=O) groups excluding carboxylic acids is 2. The molecule has 2 rings (SSSR count). The lowest BCUT2D eigenvalue weighted by Gasteiger charge is -2.32. The van der Waals surface area contributed by atoms with Crippen LogP contribution in [0.1, 0.15) is 13.8 Å². The predicted octanol–water partition coefficient (Wildman–Crippen LogP) is 2.01. The summed E-state index contributed by atoms with van der Waals surface area (Å²) in [5, 5.41) is 0. The highest BCUT2D eigenvalue weighted by molar-refractivity contribution is 6.03. The van der Waals surface area contributed by atoms with E-state index in [2.05, 4.69) is 0 Å². The van der Waals surface area contributed by atoms with Crippen LogP contribution >= 0.6 is 0 Å². The molecule has 0 saturated heterocycles. The number of halogens is 1. The van der Waals surface area contributed by atoms with Crippen molar-refractivity contribution in [2.45, 2.75) is 20.0 Å². The van der Waals surface area contributed by atoms with E-state index < -0.39 is 17.8 Å². The molecule has 8 heteroatoms. The summed E-state index contributed by atoms with van der Waals surface area (Å²) in [6.07, 6.45) is -0.180. The Morgan fingerprint density at radius 3 is 2.48 bits per heavy atom. The van der Waals surface area contributed by atoms with Gasteiger partial charge < -0.3 is 23.8 Å². The van der Waals surface area contributed by atoms with Crippen LogP contribution in [0.3, 0.4) is 0 Å². The molecule has 1 aliphatic rings. The van der Waals surface area contributed by atoms with Gasteiger partial charge in [-0.2, -0.15) is 0 Å². The van der Waals surface area contributed by atoms with Gasteiger partial charge in [0.1, 0.15) is 24.0 Å². The van der Waals surface area contributed by atoms with Gasteiger partial charge in [-0.25, -0.2) is 14.0 Å². The number of methoxy groups -OCH3 is 2. The molecule has 25 heavy (non-hydrogen) atoms. The van der Waals surface area contributed by atoms with E-state index in [1.807, 2.05) is 13.8 Å². The fourth-order valence-electron chi connectivity index (χ4n) is 2.39. The fraction of sp³-hybridized carbons (Fsp3) is 0.412. The van der Waals surface area contributed by atoms with Gasteiger partial charge in [-0.05, 0) is 26.0 Å². The van der Waals surface area contributed by atoms with E-state index in [9.17, 15) is 14.0 Å². The molecule has 1 aromatic rings. The average molecular weight is 353 g/mol. The van der Waals surface area contributed by atoms with Gasteiger partial charge in [0.25, 0.3) is 0 Å². The van der Waals surface area contributed by atoms with Crippen molar-refractivity contribution in [3.8, 4) is 5.75 Å². The lowest BCUT2D eigenvalue weighted by atomic mass is 10.1.